The van der Waals surface area contributed by atoms with Gasteiger partial charge in [0.25, 0.3) is 0 Å². The Morgan fingerprint density at radius 2 is 1.63 bits per heavy atom. The van der Waals surface area contributed by atoms with Crippen molar-refractivity contribution in [2.45, 2.75) is 32.0 Å². The van der Waals surface area contributed by atoms with Gasteiger partial charge in [0.2, 0.25) is 0 Å². The van der Waals surface area contributed by atoms with Gasteiger partial charge < -0.3 is 4.74 Å². The van der Waals surface area contributed by atoms with E-state index in [2.05, 4.69) is 44.0 Å². The fourth-order valence-corrected chi connectivity index (χ4v) is 3.09. The number of rotatable bonds is 8. The van der Waals surface area contributed by atoms with Gasteiger partial charge >= 0.3 is 0 Å². The molecule has 3 nitrogen and oxygen atoms in total. The zero-order valence-electron chi connectivity index (χ0n) is 15.8. The smallest absolute Gasteiger partial charge is 0.134 e. The van der Waals surface area contributed by atoms with E-state index in [1.54, 1.807) is 5.06 Å². The van der Waals surface area contributed by atoms with Gasteiger partial charge in [-0.15, -0.1) is 0 Å². The highest BCUT2D eigenvalue weighted by molar-refractivity contribution is 5.47. The van der Waals surface area contributed by atoms with Gasteiger partial charge in [-0.25, -0.2) is 5.06 Å². The minimum absolute atomic E-state index is 0.217. The highest BCUT2D eigenvalue weighted by Crippen LogP contribution is 2.31. The predicted molar refractivity (Wildman–Crippen MR) is 110 cm³/mol. The number of piperidine rings is 1. The third kappa shape index (κ3) is 5.19. The number of allylic oxidation sites excluding steroid dienone is 2. The van der Waals surface area contributed by atoms with Crippen molar-refractivity contribution in [2.24, 2.45) is 0 Å². The van der Waals surface area contributed by atoms with Crippen LogP contribution in [0.25, 0.3) is 6.08 Å². The highest BCUT2D eigenvalue weighted by atomic mass is 16.7. The molecule has 2 aromatic carbocycles. The molecule has 27 heavy (non-hydrogen) atoms. The molecule has 1 saturated heterocycles. The van der Waals surface area contributed by atoms with Gasteiger partial charge in [0.1, 0.15) is 6.10 Å². The van der Waals surface area contributed by atoms with Gasteiger partial charge in [0, 0.05) is 11.4 Å². The molecule has 0 radical (unpaired) electrons. The summed E-state index contributed by atoms with van der Waals surface area (Å²) >= 11 is 0. The van der Waals surface area contributed by atoms with E-state index >= 15 is 0 Å². The topological polar surface area (TPSA) is 21.7 Å². The van der Waals surface area contributed by atoms with Crippen LogP contribution in [0.5, 0.6) is 0 Å². The quantitative estimate of drug-likeness (QED) is 0.573. The molecule has 1 aliphatic rings. The summed E-state index contributed by atoms with van der Waals surface area (Å²) in [4.78, 5) is 6.27. The molecule has 0 saturated carbocycles. The van der Waals surface area contributed by atoms with Crippen molar-refractivity contribution in [2.75, 3.05) is 6.61 Å². The minimum Gasteiger partial charge on any atom is -0.374 e. The van der Waals surface area contributed by atoms with Crippen LogP contribution in [-0.4, -0.2) is 11.7 Å². The minimum atomic E-state index is -0.217. The zero-order valence-corrected chi connectivity index (χ0v) is 15.8. The maximum Gasteiger partial charge on any atom is 0.134 e. The molecule has 1 aliphatic heterocycles. The molecule has 1 unspecified atom stereocenters. The standard InChI is InChI=1S/C24H27NO2/c1-4-21-13-15-22(16-14-21)17-26-18-24(23-11-6-5-7-12-23)27-25-19(2)9-8-10-20(25)3/h4-7,11-16,24H,1-3,8-10,17-18H2. The Balaban J connectivity index is 1.65. The van der Waals surface area contributed by atoms with Gasteiger partial charge in [-0.05, 0) is 36.0 Å². The molecule has 140 valence electrons. The van der Waals surface area contributed by atoms with Crippen LogP contribution in [0, 0.1) is 0 Å². The third-order valence-corrected chi connectivity index (χ3v) is 4.66. The molecule has 0 bridgehead atoms. The Kier molecular flexibility index (Phi) is 6.64. The van der Waals surface area contributed by atoms with Crippen LogP contribution in [0.15, 0.2) is 85.7 Å². The molecule has 1 atom stereocenters. The summed E-state index contributed by atoms with van der Waals surface area (Å²) in [6, 6.07) is 18.3. The van der Waals surface area contributed by atoms with E-state index in [0.717, 1.165) is 47.3 Å². The summed E-state index contributed by atoms with van der Waals surface area (Å²) in [5.74, 6) is 0. The van der Waals surface area contributed by atoms with Gasteiger partial charge in [0.05, 0.1) is 13.2 Å². The summed E-state index contributed by atoms with van der Waals surface area (Å²) in [6.45, 7) is 13.0. The number of hydroxylamine groups is 2. The van der Waals surface area contributed by atoms with Crippen molar-refractivity contribution in [3.05, 3.63) is 102 Å². The van der Waals surface area contributed by atoms with Gasteiger partial charge in [-0.1, -0.05) is 80.4 Å². The van der Waals surface area contributed by atoms with Crippen LogP contribution >= 0.6 is 0 Å². The van der Waals surface area contributed by atoms with Gasteiger partial charge in [-0.3, -0.25) is 4.84 Å². The molecule has 1 heterocycles. The van der Waals surface area contributed by atoms with Crippen molar-refractivity contribution < 1.29 is 9.57 Å². The van der Waals surface area contributed by atoms with E-state index in [1.165, 1.54) is 0 Å². The summed E-state index contributed by atoms with van der Waals surface area (Å²) in [5, 5.41) is 1.80. The second-order valence-electron chi connectivity index (χ2n) is 6.75. The van der Waals surface area contributed by atoms with E-state index < -0.39 is 0 Å². The molecule has 1 fully saturated rings. The number of ether oxygens (including phenoxy) is 1. The Morgan fingerprint density at radius 3 is 2.26 bits per heavy atom. The van der Waals surface area contributed by atoms with Crippen LogP contribution in [0.4, 0.5) is 0 Å². The van der Waals surface area contributed by atoms with E-state index in [1.807, 2.05) is 36.4 Å². The first-order chi connectivity index (χ1) is 13.2. The third-order valence-electron chi connectivity index (χ3n) is 4.66. The maximum atomic E-state index is 6.27. The molecule has 0 amide bonds. The average molecular weight is 361 g/mol. The first-order valence-electron chi connectivity index (χ1n) is 9.34. The molecule has 3 rings (SSSR count). The van der Waals surface area contributed by atoms with Crippen molar-refractivity contribution in [3.63, 3.8) is 0 Å². The highest BCUT2D eigenvalue weighted by Gasteiger charge is 2.23. The summed E-state index contributed by atoms with van der Waals surface area (Å²) in [7, 11) is 0. The van der Waals surface area contributed by atoms with E-state index in [-0.39, 0.29) is 6.10 Å². The Hall–Kier alpha value is -2.62. The monoisotopic (exact) mass is 361 g/mol. The maximum absolute atomic E-state index is 6.27. The summed E-state index contributed by atoms with van der Waals surface area (Å²) < 4.78 is 5.98. The Bertz CT molecular complexity index is 764. The van der Waals surface area contributed by atoms with Crippen molar-refractivity contribution >= 4 is 6.08 Å². The normalized spacial score (nSPS) is 15.6. The molecular weight excluding hydrogens is 334 g/mol. The van der Waals surface area contributed by atoms with E-state index in [0.29, 0.717) is 13.2 Å². The van der Waals surface area contributed by atoms with E-state index in [9.17, 15) is 0 Å². The van der Waals surface area contributed by atoms with Crippen molar-refractivity contribution in [3.8, 4) is 0 Å². The summed E-state index contributed by atoms with van der Waals surface area (Å²) in [6.07, 6.45) is 4.55. The summed E-state index contributed by atoms with van der Waals surface area (Å²) in [5.41, 5.74) is 5.20. The number of hydrogen-bond donors (Lipinski definition) is 0. The van der Waals surface area contributed by atoms with Gasteiger partial charge in [-0.2, -0.15) is 0 Å². The van der Waals surface area contributed by atoms with Crippen LogP contribution in [0.3, 0.4) is 0 Å². The van der Waals surface area contributed by atoms with Gasteiger partial charge in [0.15, 0.2) is 0 Å². The fraction of sp³-hybridized carbons (Fsp3) is 0.250. The van der Waals surface area contributed by atoms with Crippen molar-refractivity contribution in [1.29, 1.82) is 0 Å². The lowest BCUT2D eigenvalue weighted by atomic mass is 10.1. The number of benzene rings is 2. The number of nitrogens with zero attached hydrogens (tertiary/aromatic N) is 1. The second kappa shape index (κ2) is 9.36. The molecule has 0 N–H and O–H groups in total. The second-order valence-corrected chi connectivity index (χ2v) is 6.75. The number of hydrogen-bond acceptors (Lipinski definition) is 3. The lowest BCUT2D eigenvalue weighted by molar-refractivity contribution is -0.179. The fourth-order valence-electron chi connectivity index (χ4n) is 3.09. The first kappa shape index (κ1) is 19.2. The molecule has 0 aromatic heterocycles. The average Bonchev–Trinajstić information content (AvgIpc) is 2.70. The van der Waals surface area contributed by atoms with Crippen LogP contribution in [0.2, 0.25) is 0 Å². The Labute approximate surface area is 162 Å². The predicted octanol–water partition coefficient (Wildman–Crippen LogP) is 6.03. The van der Waals surface area contributed by atoms with E-state index in [4.69, 9.17) is 9.57 Å². The van der Waals surface area contributed by atoms with Crippen LogP contribution in [0.1, 0.15) is 42.1 Å². The lowest BCUT2D eigenvalue weighted by Crippen LogP contribution is -2.29. The van der Waals surface area contributed by atoms with Crippen molar-refractivity contribution in [1.82, 2.24) is 5.06 Å². The zero-order chi connectivity index (χ0) is 19.1. The SMILES string of the molecule is C=Cc1ccc(COCC(ON2C(=C)CCCC2=C)c2ccccc2)cc1. The molecule has 0 aliphatic carbocycles. The lowest BCUT2D eigenvalue weighted by Gasteiger charge is -2.34. The molecule has 3 heteroatoms. The van der Waals surface area contributed by atoms with Crippen LogP contribution < -0.4 is 0 Å². The Morgan fingerprint density at radius 1 is 0.963 bits per heavy atom. The molecular formula is C24H27NO2. The largest absolute Gasteiger partial charge is 0.374 e. The first-order valence-corrected chi connectivity index (χ1v) is 9.34. The molecule has 0 spiro atoms. The molecule has 2 aromatic rings. The van der Waals surface area contributed by atoms with Crippen LogP contribution in [-0.2, 0) is 16.2 Å².